The monoisotopic (exact) mass is 154 g/mol. The Kier molecular flexibility index (Phi) is 2.61. The predicted molar refractivity (Wildman–Crippen MR) is 50.6 cm³/mol. The molecule has 0 aromatic rings. The summed E-state index contributed by atoms with van der Waals surface area (Å²) in [6, 6.07) is 0. The Bertz CT molecular complexity index is 126. The minimum Gasteiger partial charge on any atom is -0.0654 e. The van der Waals surface area contributed by atoms with Crippen LogP contribution in [-0.2, 0) is 0 Å². The fraction of sp³-hybridized carbons (Fsp3) is 1.00. The minimum atomic E-state index is 0.690. The van der Waals surface area contributed by atoms with Gasteiger partial charge >= 0.3 is 0 Å². The van der Waals surface area contributed by atoms with Gasteiger partial charge < -0.3 is 0 Å². The van der Waals surface area contributed by atoms with Crippen molar-refractivity contribution >= 4 is 0 Å². The lowest BCUT2D eigenvalue weighted by molar-refractivity contribution is -0.00499. The summed E-state index contributed by atoms with van der Waals surface area (Å²) in [6.45, 7) is 9.53. The Morgan fingerprint density at radius 1 is 1.45 bits per heavy atom. The Labute approximate surface area is 71.4 Å². The first-order chi connectivity index (χ1) is 5.11. The molecule has 0 N–H and O–H groups in total. The summed E-state index contributed by atoms with van der Waals surface area (Å²) in [5.74, 6) is 1.92. The standard InChI is InChI=1S/C11H22/c1-5-6-10-7-8-11(10,4)9(2)3/h9-10H,5-8H2,1-4H3. The summed E-state index contributed by atoms with van der Waals surface area (Å²) < 4.78 is 0. The third-order valence-corrected chi connectivity index (χ3v) is 3.92. The van der Waals surface area contributed by atoms with Gasteiger partial charge in [-0.1, -0.05) is 40.5 Å². The quantitative estimate of drug-likeness (QED) is 0.579. The average Bonchev–Trinajstić information content (AvgIpc) is 1.96. The fourth-order valence-corrected chi connectivity index (χ4v) is 2.39. The predicted octanol–water partition coefficient (Wildman–Crippen LogP) is 3.86. The van der Waals surface area contributed by atoms with E-state index < -0.39 is 0 Å². The molecule has 2 atom stereocenters. The van der Waals surface area contributed by atoms with Gasteiger partial charge in [-0.15, -0.1) is 0 Å². The molecular formula is C11H22. The summed E-state index contributed by atoms with van der Waals surface area (Å²) in [5.41, 5.74) is 0.690. The van der Waals surface area contributed by atoms with Crippen LogP contribution in [0.4, 0.5) is 0 Å². The van der Waals surface area contributed by atoms with Gasteiger partial charge in [-0.25, -0.2) is 0 Å². The first kappa shape index (κ1) is 9.09. The minimum absolute atomic E-state index is 0.690. The van der Waals surface area contributed by atoms with Crippen molar-refractivity contribution in [2.24, 2.45) is 17.3 Å². The van der Waals surface area contributed by atoms with E-state index in [1.54, 1.807) is 0 Å². The molecule has 0 radical (unpaired) electrons. The molecule has 66 valence electrons. The molecule has 1 aliphatic rings. The molecule has 1 fully saturated rings. The van der Waals surface area contributed by atoms with E-state index in [0.717, 1.165) is 11.8 Å². The smallest absolute Gasteiger partial charge is 0.0274 e. The highest BCUT2D eigenvalue weighted by atomic mass is 14.5. The maximum absolute atomic E-state index is 2.47. The van der Waals surface area contributed by atoms with Crippen LogP contribution in [0.5, 0.6) is 0 Å². The van der Waals surface area contributed by atoms with E-state index in [-0.39, 0.29) is 0 Å². The van der Waals surface area contributed by atoms with Gasteiger partial charge in [-0.05, 0) is 30.1 Å². The molecule has 11 heavy (non-hydrogen) atoms. The lowest BCUT2D eigenvalue weighted by atomic mass is 9.55. The molecule has 2 unspecified atom stereocenters. The zero-order valence-electron chi connectivity index (χ0n) is 8.48. The normalized spacial score (nSPS) is 37.4. The van der Waals surface area contributed by atoms with Crippen molar-refractivity contribution < 1.29 is 0 Å². The van der Waals surface area contributed by atoms with Gasteiger partial charge in [0.15, 0.2) is 0 Å². The Morgan fingerprint density at radius 3 is 2.36 bits per heavy atom. The number of hydrogen-bond donors (Lipinski definition) is 0. The van der Waals surface area contributed by atoms with Crippen molar-refractivity contribution in [1.82, 2.24) is 0 Å². The molecule has 0 aliphatic heterocycles. The maximum Gasteiger partial charge on any atom is -0.0274 e. The van der Waals surface area contributed by atoms with Gasteiger partial charge in [0, 0.05) is 0 Å². The van der Waals surface area contributed by atoms with Gasteiger partial charge in [0.2, 0.25) is 0 Å². The zero-order chi connectivity index (χ0) is 8.48. The molecule has 0 heterocycles. The summed E-state index contributed by atoms with van der Waals surface area (Å²) in [7, 11) is 0. The van der Waals surface area contributed by atoms with Crippen LogP contribution in [-0.4, -0.2) is 0 Å². The van der Waals surface area contributed by atoms with E-state index >= 15 is 0 Å². The van der Waals surface area contributed by atoms with Gasteiger partial charge in [0.25, 0.3) is 0 Å². The third kappa shape index (κ3) is 1.45. The zero-order valence-corrected chi connectivity index (χ0v) is 8.48. The summed E-state index contributed by atoms with van der Waals surface area (Å²) in [6.07, 6.45) is 5.78. The first-order valence-corrected chi connectivity index (χ1v) is 5.11. The SMILES string of the molecule is CCCC1CCC1(C)C(C)C. The van der Waals surface area contributed by atoms with Crippen molar-refractivity contribution in [3.63, 3.8) is 0 Å². The fourth-order valence-electron chi connectivity index (χ4n) is 2.39. The molecule has 0 spiro atoms. The lowest BCUT2D eigenvalue weighted by Crippen LogP contribution is -2.41. The summed E-state index contributed by atoms with van der Waals surface area (Å²) in [5, 5.41) is 0. The van der Waals surface area contributed by atoms with Crippen LogP contribution in [0.15, 0.2) is 0 Å². The lowest BCUT2D eigenvalue weighted by Gasteiger charge is -2.50. The molecule has 1 rings (SSSR count). The Morgan fingerprint density at radius 2 is 2.09 bits per heavy atom. The van der Waals surface area contributed by atoms with Crippen molar-refractivity contribution in [1.29, 1.82) is 0 Å². The molecule has 1 saturated carbocycles. The van der Waals surface area contributed by atoms with E-state index in [1.807, 2.05) is 0 Å². The molecule has 0 amide bonds. The molecule has 0 saturated heterocycles. The van der Waals surface area contributed by atoms with E-state index in [1.165, 1.54) is 25.7 Å². The van der Waals surface area contributed by atoms with Crippen LogP contribution >= 0.6 is 0 Å². The van der Waals surface area contributed by atoms with Crippen LogP contribution < -0.4 is 0 Å². The van der Waals surface area contributed by atoms with Gasteiger partial charge in [-0.2, -0.15) is 0 Å². The second kappa shape index (κ2) is 3.16. The first-order valence-electron chi connectivity index (χ1n) is 5.11. The topological polar surface area (TPSA) is 0 Å². The molecule has 1 aliphatic carbocycles. The maximum atomic E-state index is 2.47. The van der Waals surface area contributed by atoms with E-state index in [9.17, 15) is 0 Å². The van der Waals surface area contributed by atoms with Gasteiger partial charge in [-0.3, -0.25) is 0 Å². The van der Waals surface area contributed by atoms with Crippen molar-refractivity contribution in [3.8, 4) is 0 Å². The number of rotatable bonds is 3. The van der Waals surface area contributed by atoms with Crippen LogP contribution in [0.25, 0.3) is 0 Å². The average molecular weight is 154 g/mol. The molecule has 0 aromatic carbocycles. The molecule has 0 nitrogen and oxygen atoms in total. The van der Waals surface area contributed by atoms with E-state index in [2.05, 4.69) is 27.7 Å². The van der Waals surface area contributed by atoms with E-state index in [4.69, 9.17) is 0 Å². The highest BCUT2D eigenvalue weighted by Crippen LogP contribution is 2.53. The second-order valence-electron chi connectivity index (χ2n) is 4.68. The van der Waals surface area contributed by atoms with Crippen LogP contribution in [0.1, 0.15) is 53.4 Å². The summed E-state index contributed by atoms with van der Waals surface area (Å²) in [4.78, 5) is 0. The van der Waals surface area contributed by atoms with Crippen molar-refractivity contribution in [2.45, 2.75) is 53.4 Å². The number of hydrogen-bond acceptors (Lipinski definition) is 0. The molecule has 0 aromatic heterocycles. The van der Waals surface area contributed by atoms with Gasteiger partial charge in [0.05, 0.1) is 0 Å². The Hall–Kier alpha value is 0. The van der Waals surface area contributed by atoms with Crippen molar-refractivity contribution in [3.05, 3.63) is 0 Å². The molecular weight excluding hydrogens is 132 g/mol. The molecule has 0 heteroatoms. The third-order valence-electron chi connectivity index (χ3n) is 3.92. The second-order valence-corrected chi connectivity index (χ2v) is 4.68. The highest BCUT2D eigenvalue weighted by molar-refractivity contribution is 4.93. The highest BCUT2D eigenvalue weighted by Gasteiger charge is 2.43. The van der Waals surface area contributed by atoms with E-state index in [0.29, 0.717) is 5.41 Å². The molecule has 0 bridgehead atoms. The Balaban J connectivity index is 2.45. The van der Waals surface area contributed by atoms with Crippen LogP contribution in [0.2, 0.25) is 0 Å². The van der Waals surface area contributed by atoms with Gasteiger partial charge in [0.1, 0.15) is 0 Å². The largest absolute Gasteiger partial charge is 0.0654 e. The summed E-state index contributed by atoms with van der Waals surface area (Å²) >= 11 is 0. The van der Waals surface area contributed by atoms with Crippen LogP contribution in [0.3, 0.4) is 0 Å². The van der Waals surface area contributed by atoms with Crippen LogP contribution in [0, 0.1) is 17.3 Å². The van der Waals surface area contributed by atoms with Crippen molar-refractivity contribution in [2.75, 3.05) is 0 Å².